The lowest BCUT2D eigenvalue weighted by molar-refractivity contribution is -0.167. The van der Waals surface area contributed by atoms with Gasteiger partial charge in [-0.3, -0.25) is 14.4 Å². The summed E-state index contributed by atoms with van der Waals surface area (Å²) in [6, 6.07) is 0. The minimum absolute atomic E-state index is 0.0680. The summed E-state index contributed by atoms with van der Waals surface area (Å²) in [6.07, 6.45) is 69.7. The van der Waals surface area contributed by atoms with Crippen LogP contribution in [0.5, 0.6) is 0 Å². The summed E-state index contributed by atoms with van der Waals surface area (Å²) in [5.41, 5.74) is 0. The van der Waals surface area contributed by atoms with Crippen LogP contribution in [0.4, 0.5) is 0 Å². The number of hydrogen-bond donors (Lipinski definition) is 0. The third kappa shape index (κ3) is 57.1. The molecule has 0 aliphatic heterocycles. The summed E-state index contributed by atoms with van der Waals surface area (Å²) in [5.74, 6) is -0.858. The minimum Gasteiger partial charge on any atom is -0.462 e. The molecule has 1 unspecified atom stereocenters. The molecular formula is C64H122O6. The van der Waals surface area contributed by atoms with E-state index < -0.39 is 6.10 Å². The van der Waals surface area contributed by atoms with Crippen LogP contribution in [0.15, 0.2) is 12.2 Å². The van der Waals surface area contributed by atoms with E-state index in [1.54, 1.807) is 0 Å². The van der Waals surface area contributed by atoms with E-state index in [2.05, 4.69) is 32.9 Å². The maximum Gasteiger partial charge on any atom is 0.306 e. The molecular weight excluding hydrogens is 865 g/mol. The molecule has 0 amide bonds. The number of hydrogen-bond acceptors (Lipinski definition) is 6. The van der Waals surface area contributed by atoms with Crippen molar-refractivity contribution in [2.75, 3.05) is 13.2 Å². The lowest BCUT2D eigenvalue weighted by Crippen LogP contribution is -2.30. The standard InChI is InChI=1S/C64H122O6/c1-4-7-10-13-16-19-21-23-24-25-26-27-28-29-30-31-32-33-34-35-36-37-38-39-40-41-43-45-48-51-54-57-63(66)69-60-61(59-68-62(65)56-53-50-47-44-18-15-12-9-6-3)70-64(67)58-55-52-49-46-42-22-20-17-14-11-8-5-2/h17,20,61H,4-16,18-19,21-60H2,1-3H3/b20-17-. The number of esters is 3. The lowest BCUT2D eigenvalue weighted by atomic mass is 10.0. The van der Waals surface area contributed by atoms with Crippen molar-refractivity contribution in [3.63, 3.8) is 0 Å². The van der Waals surface area contributed by atoms with Crippen LogP contribution in [0, 0.1) is 0 Å². The van der Waals surface area contributed by atoms with Crippen molar-refractivity contribution in [2.24, 2.45) is 0 Å². The molecule has 6 nitrogen and oxygen atoms in total. The molecule has 414 valence electrons. The van der Waals surface area contributed by atoms with Gasteiger partial charge in [0, 0.05) is 19.3 Å². The van der Waals surface area contributed by atoms with Crippen LogP contribution in [0.1, 0.15) is 361 Å². The van der Waals surface area contributed by atoms with Gasteiger partial charge in [0.1, 0.15) is 13.2 Å². The fourth-order valence-electron chi connectivity index (χ4n) is 9.74. The number of carbonyl (C=O) groups excluding carboxylic acids is 3. The van der Waals surface area contributed by atoms with Crippen molar-refractivity contribution in [3.8, 4) is 0 Å². The maximum atomic E-state index is 12.8. The molecule has 0 aromatic carbocycles. The zero-order chi connectivity index (χ0) is 50.7. The normalized spacial score (nSPS) is 12.0. The van der Waals surface area contributed by atoms with Gasteiger partial charge in [0.15, 0.2) is 6.10 Å². The first kappa shape index (κ1) is 68.2. The smallest absolute Gasteiger partial charge is 0.306 e. The molecule has 0 fully saturated rings. The minimum atomic E-state index is -0.768. The molecule has 0 rings (SSSR count). The predicted octanol–water partition coefficient (Wildman–Crippen LogP) is 21.3. The molecule has 0 saturated carbocycles. The molecule has 6 heteroatoms. The predicted molar refractivity (Wildman–Crippen MR) is 303 cm³/mol. The zero-order valence-electron chi connectivity index (χ0n) is 47.6. The highest BCUT2D eigenvalue weighted by molar-refractivity contribution is 5.71. The second-order valence-electron chi connectivity index (χ2n) is 21.7. The first-order valence-electron chi connectivity index (χ1n) is 31.7. The molecule has 0 aromatic heterocycles. The SMILES string of the molecule is CCCCC/C=C\CCCCCCCC(=O)OC(COC(=O)CCCCCCCCCCC)COC(=O)CCCCCCCCCCCCCCCCCCCCCCCCCCCCCCCCC. The first-order chi connectivity index (χ1) is 34.5. The highest BCUT2D eigenvalue weighted by Crippen LogP contribution is 2.18. The van der Waals surface area contributed by atoms with Crippen LogP contribution in [0.2, 0.25) is 0 Å². The van der Waals surface area contributed by atoms with E-state index in [9.17, 15) is 14.4 Å². The Morgan fingerprint density at radius 1 is 0.271 bits per heavy atom. The van der Waals surface area contributed by atoms with Gasteiger partial charge in [0.05, 0.1) is 0 Å². The Hall–Kier alpha value is -1.85. The van der Waals surface area contributed by atoms with E-state index in [1.807, 2.05) is 0 Å². The highest BCUT2D eigenvalue weighted by Gasteiger charge is 2.19. The third-order valence-corrected chi connectivity index (χ3v) is 14.5. The Morgan fingerprint density at radius 2 is 0.471 bits per heavy atom. The fourth-order valence-corrected chi connectivity index (χ4v) is 9.74. The maximum absolute atomic E-state index is 12.8. The molecule has 0 saturated heterocycles. The van der Waals surface area contributed by atoms with Gasteiger partial charge >= 0.3 is 17.9 Å². The van der Waals surface area contributed by atoms with Gasteiger partial charge in [-0.25, -0.2) is 0 Å². The van der Waals surface area contributed by atoms with Crippen LogP contribution in [0.3, 0.4) is 0 Å². The van der Waals surface area contributed by atoms with Crippen molar-refractivity contribution in [2.45, 2.75) is 367 Å². The van der Waals surface area contributed by atoms with Gasteiger partial charge in [0.25, 0.3) is 0 Å². The van der Waals surface area contributed by atoms with Gasteiger partial charge in [-0.1, -0.05) is 309 Å². The molecule has 0 aromatic rings. The Labute approximate surface area is 437 Å². The van der Waals surface area contributed by atoms with Crippen LogP contribution in [-0.4, -0.2) is 37.2 Å². The van der Waals surface area contributed by atoms with Gasteiger partial charge in [0.2, 0.25) is 0 Å². The Kier molecular flexibility index (Phi) is 58.1. The summed E-state index contributed by atoms with van der Waals surface area (Å²) in [6.45, 7) is 6.64. The quantitative estimate of drug-likeness (QED) is 0.0261. The number of allylic oxidation sites excluding steroid dienone is 2. The number of ether oxygens (including phenoxy) is 3. The van der Waals surface area contributed by atoms with Gasteiger partial charge in [-0.15, -0.1) is 0 Å². The summed E-state index contributed by atoms with van der Waals surface area (Å²) >= 11 is 0. The number of rotatable bonds is 59. The average molecular weight is 988 g/mol. The van der Waals surface area contributed by atoms with Crippen LogP contribution in [-0.2, 0) is 28.6 Å². The van der Waals surface area contributed by atoms with Gasteiger partial charge in [-0.2, -0.15) is 0 Å². The van der Waals surface area contributed by atoms with Gasteiger partial charge in [-0.05, 0) is 44.9 Å². The number of unbranched alkanes of at least 4 members (excludes halogenated alkanes) is 46. The van der Waals surface area contributed by atoms with E-state index >= 15 is 0 Å². The average Bonchev–Trinajstić information content (AvgIpc) is 3.36. The highest BCUT2D eigenvalue weighted by atomic mass is 16.6. The summed E-state index contributed by atoms with van der Waals surface area (Å²) in [7, 11) is 0. The number of carbonyl (C=O) groups is 3. The Morgan fingerprint density at radius 3 is 0.743 bits per heavy atom. The van der Waals surface area contributed by atoms with Gasteiger partial charge < -0.3 is 14.2 Å². The van der Waals surface area contributed by atoms with Crippen LogP contribution in [0.25, 0.3) is 0 Å². The molecule has 1 atom stereocenters. The van der Waals surface area contributed by atoms with E-state index in [1.165, 1.54) is 257 Å². The summed E-state index contributed by atoms with van der Waals surface area (Å²) < 4.78 is 16.8. The van der Waals surface area contributed by atoms with Crippen molar-refractivity contribution in [1.29, 1.82) is 0 Å². The van der Waals surface area contributed by atoms with Crippen LogP contribution >= 0.6 is 0 Å². The van der Waals surface area contributed by atoms with E-state index in [-0.39, 0.29) is 31.1 Å². The third-order valence-electron chi connectivity index (χ3n) is 14.5. The molecule has 0 N–H and O–H groups in total. The fraction of sp³-hybridized carbons (Fsp3) is 0.922. The summed E-state index contributed by atoms with van der Waals surface area (Å²) in [4.78, 5) is 38.0. The Balaban J connectivity index is 3.96. The van der Waals surface area contributed by atoms with Crippen molar-refractivity contribution >= 4 is 17.9 Å². The van der Waals surface area contributed by atoms with Crippen molar-refractivity contribution < 1.29 is 28.6 Å². The van der Waals surface area contributed by atoms with E-state index in [4.69, 9.17) is 14.2 Å². The summed E-state index contributed by atoms with van der Waals surface area (Å²) in [5, 5.41) is 0. The second kappa shape index (κ2) is 59.7. The molecule has 70 heavy (non-hydrogen) atoms. The lowest BCUT2D eigenvalue weighted by Gasteiger charge is -2.18. The molecule has 0 aliphatic carbocycles. The molecule has 0 heterocycles. The largest absolute Gasteiger partial charge is 0.462 e. The molecule has 0 radical (unpaired) electrons. The van der Waals surface area contributed by atoms with E-state index in [0.29, 0.717) is 19.3 Å². The molecule has 0 spiro atoms. The molecule has 0 aliphatic rings. The first-order valence-corrected chi connectivity index (χ1v) is 31.7. The van der Waals surface area contributed by atoms with Crippen molar-refractivity contribution in [1.82, 2.24) is 0 Å². The topological polar surface area (TPSA) is 78.9 Å². The zero-order valence-corrected chi connectivity index (χ0v) is 47.6. The monoisotopic (exact) mass is 987 g/mol. The Bertz CT molecular complexity index is 1090. The van der Waals surface area contributed by atoms with Crippen LogP contribution < -0.4 is 0 Å². The molecule has 0 bridgehead atoms. The van der Waals surface area contributed by atoms with Crippen molar-refractivity contribution in [3.05, 3.63) is 12.2 Å². The second-order valence-corrected chi connectivity index (χ2v) is 21.7. The van der Waals surface area contributed by atoms with E-state index in [0.717, 1.165) is 64.2 Å².